The third-order valence-corrected chi connectivity index (χ3v) is 3.55. The van der Waals surface area contributed by atoms with E-state index < -0.39 is 18.0 Å². The maximum Gasteiger partial charge on any atom is 0.338 e. The summed E-state index contributed by atoms with van der Waals surface area (Å²) in [5, 5.41) is 2.69. The number of aryl methyl sites for hydroxylation is 1. The van der Waals surface area contributed by atoms with Gasteiger partial charge in [0, 0.05) is 11.8 Å². The summed E-state index contributed by atoms with van der Waals surface area (Å²) in [6.07, 6.45) is -0.927. The first-order valence-corrected chi connectivity index (χ1v) is 7.51. The van der Waals surface area contributed by atoms with E-state index in [2.05, 4.69) is 5.32 Å². The van der Waals surface area contributed by atoms with Gasteiger partial charge >= 0.3 is 5.97 Å². The fourth-order valence-electron chi connectivity index (χ4n) is 2.27. The average Bonchev–Trinajstić information content (AvgIpc) is 3.02. The Labute approximate surface area is 139 Å². The number of ether oxygens (including phenoxy) is 3. The molecule has 0 saturated carbocycles. The largest absolute Gasteiger partial charge is 0.454 e. The fraction of sp³-hybridized carbons (Fsp3) is 0.222. The zero-order valence-electron chi connectivity index (χ0n) is 13.4. The number of carbonyl (C=O) groups excluding carboxylic acids is 2. The second-order valence-corrected chi connectivity index (χ2v) is 5.47. The molecule has 1 N–H and O–H groups in total. The summed E-state index contributed by atoms with van der Waals surface area (Å²) in [5.74, 6) is 0.242. The number of hydrogen-bond acceptors (Lipinski definition) is 5. The number of rotatable bonds is 4. The zero-order valence-corrected chi connectivity index (χ0v) is 13.4. The third-order valence-electron chi connectivity index (χ3n) is 3.55. The minimum Gasteiger partial charge on any atom is -0.454 e. The lowest BCUT2D eigenvalue weighted by Crippen LogP contribution is -2.30. The first kappa shape index (κ1) is 15.9. The fourth-order valence-corrected chi connectivity index (χ4v) is 2.27. The van der Waals surface area contributed by atoms with Crippen LogP contribution in [-0.4, -0.2) is 24.8 Å². The Morgan fingerprint density at radius 2 is 1.92 bits per heavy atom. The van der Waals surface area contributed by atoms with Gasteiger partial charge in [-0.3, -0.25) is 4.79 Å². The van der Waals surface area contributed by atoms with Crippen LogP contribution in [0, 0.1) is 6.92 Å². The van der Waals surface area contributed by atoms with Gasteiger partial charge in [0.25, 0.3) is 5.91 Å². The summed E-state index contributed by atoms with van der Waals surface area (Å²) in [5.41, 5.74) is 1.90. The highest BCUT2D eigenvalue weighted by Crippen LogP contribution is 2.34. The molecule has 24 heavy (non-hydrogen) atoms. The minimum atomic E-state index is -0.927. The van der Waals surface area contributed by atoms with Crippen LogP contribution in [0.5, 0.6) is 11.5 Å². The predicted octanol–water partition coefficient (Wildman–Crippen LogP) is 2.91. The SMILES string of the molecule is Cc1cccc(C(=O)OC(C)C(=O)Nc2ccc3c(c2)OCO3)c1. The molecule has 3 rings (SSSR count). The average molecular weight is 327 g/mol. The Morgan fingerprint density at radius 1 is 1.12 bits per heavy atom. The molecule has 1 amide bonds. The lowest BCUT2D eigenvalue weighted by Gasteiger charge is -2.14. The van der Waals surface area contributed by atoms with Crippen LogP contribution in [0.2, 0.25) is 0 Å². The van der Waals surface area contributed by atoms with E-state index in [-0.39, 0.29) is 6.79 Å². The number of carbonyl (C=O) groups is 2. The van der Waals surface area contributed by atoms with Gasteiger partial charge in [0.05, 0.1) is 5.56 Å². The summed E-state index contributed by atoms with van der Waals surface area (Å²) in [6, 6.07) is 12.1. The molecule has 0 spiro atoms. The maximum absolute atomic E-state index is 12.2. The summed E-state index contributed by atoms with van der Waals surface area (Å²) in [4.78, 5) is 24.3. The normalized spacial score (nSPS) is 13.2. The van der Waals surface area contributed by atoms with E-state index in [1.165, 1.54) is 6.92 Å². The van der Waals surface area contributed by atoms with Crippen LogP contribution in [0.4, 0.5) is 5.69 Å². The molecular formula is C18H17NO5. The van der Waals surface area contributed by atoms with Gasteiger partial charge in [-0.25, -0.2) is 4.79 Å². The van der Waals surface area contributed by atoms with Gasteiger partial charge in [-0.15, -0.1) is 0 Å². The van der Waals surface area contributed by atoms with Gasteiger partial charge < -0.3 is 19.5 Å². The second kappa shape index (κ2) is 6.62. The first-order valence-electron chi connectivity index (χ1n) is 7.51. The number of fused-ring (bicyclic) bond motifs is 1. The molecule has 2 aromatic rings. The molecule has 1 unspecified atom stereocenters. The Kier molecular flexibility index (Phi) is 4.37. The van der Waals surface area contributed by atoms with E-state index in [4.69, 9.17) is 14.2 Å². The van der Waals surface area contributed by atoms with Crippen LogP contribution < -0.4 is 14.8 Å². The zero-order chi connectivity index (χ0) is 17.1. The quantitative estimate of drug-likeness (QED) is 0.874. The maximum atomic E-state index is 12.2. The van der Waals surface area contributed by atoms with Gasteiger partial charge in [-0.1, -0.05) is 17.7 Å². The van der Waals surface area contributed by atoms with E-state index >= 15 is 0 Å². The van der Waals surface area contributed by atoms with Crippen LogP contribution in [0.15, 0.2) is 42.5 Å². The van der Waals surface area contributed by atoms with Crippen LogP contribution in [0.1, 0.15) is 22.8 Å². The smallest absolute Gasteiger partial charge is 0.338 e. The molecule has 0 aromatic heterocycles. The van der Waals surface area contributed by atoms with E-state index in [1.54, 1.807) is 36.4 Å². The molecule has 6 heteroatoms. The van der Waals surface area contributed by atoms with E-state index in [0.29, 0.717) is 22.7 Å². The number of esters is 1. The Balaban J connectivity index is 1.61. The molecule has 0 aliphatic carbocycles. The van der Waals surface area contributed by atoms with Gasteiger partial charge in [0.15, 0.2) is 17.6 Å². The van der Waals surface area contributed by atoms with Gasteiger partial charge in [0.2, 0.25) is 6.79 Å². The molecule has 0 bridgehead atoms. The van der Waals surface area contributed by atoms with Crippen LogP contribution in [0.3, 0.4) is 0 Å². The summed E-state index contributed by atoms with van der Waals surface area (Å²) >= 11 is 0. The molecule has 1 aliphatic heterocycles. The van der Waals surface area contributed by atoms with Crippen LogP contribution in [-0.2, 0) is 9.53 Å². The number of amides is 1. The monoisotopic (exact) mass is 327 g/mol. The lowest BCUT2D eigenvalue weighted by molar-refractivity contribution is -0.123. The van der Waals surface area contributed by atoms with Crippen molar-refractivity contribution in [2.75, 3.05) is 12.1 Å². The molecular weight excluding hydrogens is 310 g/mol. The molecule has 1 aliphatic rings. The Bertz CT molecular complexity index is 787. The summed E-state index contributed by atoms with van der Waals surface area (Å²) in [7, 11) is 0. The van der Waals surface area contributed by atoms with E-state index in [0.717, 1.165) is 5.56 Å². The Hall–Kier alpha value is -3.02. The van der Waals surface area contributed by atoms with Gasteiger partial charge in [0.1, 0.15) is 0 Å². The van der Waals surface area contributed by atoms with Crippen molar-refractivity contribution in [2.24, 2.45) is 0 Å². The molecule has 0 radical (unpaired) electrons. The van der Waals surface area contributed by atoms with Crippen LogP contribution >= 0.6 is 0 Å². The van der Waals surface area contributed by atoms with Crippen molar-refractivity contribution in [2.45, 2.75) is 20.0 Å². The highest BCUT2D eigenvalue weighted by molar-refractivity contribution is 5.97. The van der Waals surface area contributed by atoms with Crippen molar-refractivity contribution in [3.63, 3.8) is 0 Å². The van der Waals surface area contributed by atoms with Crippen molar-refractivity contribution < 1.29 is 23.8 Å². The van der Waals surface area contributed by atoms with Gasteiger partial charge in [-0.2, -0.15) is 0 Å². The minimum absolute atomic E-state index is 0.164. The third kappa shape index (κ3) is 3.48. The molecule has 6 nitrogen and oxygen atoms in total. The van der Waals surface area contributed by atoms with Crippen molar-refractivity contribution in [1.82, 2.24) is 0 Å². The second-order valence-electron chi connectivity index (χ2n) is 5.47. The van der Waals surface area contributed by atoms with Crippen LogP contribution in [0.25, 0.3) is 0 Å². The predicted molar refractivity (Wildman–Crippen MR) is 87.3 cm³/mol. The van der Waals surface area contributed by atoms with Crippen molar-refractivity contribution in [3.05, 3.63) is 53.6 Å². The molecule has 1 atom stereocenters. The molecule has 124 valence electrons. The van der Waals surface area contributed by atoms with E-state index in [1.807, 2.05) is 13.0 Å². The Morgan fingerprint density at radius 3 is 2.71 bits per heavy atom. The summed E-state index contributed by atoms with van der Waals surface area (Å²) < 4.78 is 15.7. The molecule has 2 aromatic carbocycles. The lowest BCUT2D eigenvalue weighted by atomic mass is 10.1. The van der Waals surface area contributed by atoms with E-state index in [9.17, 15) is 9.59 Å². The number of anilines is 1. The number of hydrogen-bond donors (Lipinski definition) is 1. The van der Waals surface area contributed by atoms with Crippen molar-refractivity contribution in [1.29, 1.82) is 0 Å². The first-order chi connectivity index (χ1) is 11.5. The van der Waals surface area contributed by atoms with Crippen molar-refractivity contribution in [3.8, 4) is 11.5 Å². The van der Waals surface area contributed by atoms with Crippen molar-refractivity contribution >= 4 is 17.6 Å². The highest BCUT2D eigenvalue weighted by atomic mass is 16.7. The number of nitrogens with one attached hydrogen (secondary N) is 1. The highest BCUT2D eigenvalue weighted by Gasteiger charge is 2.20. The number of benzene rings is 2. The van der Waals surface area contributed by atoms with Gasteiger partial charge in [-0.05, 0) is 38.1 Å². The topological polar surface area (TPSA) is 73.9 Å². The standard InChI is InChI=1S/C18H17NO5/c1-11-4-3-5-13(8-11)18(21)24-12(2)17(20)19-14-6-7-15-16(9-14)23-10-22-15/h3-9,12H,10H2,1-2H3,(H,19,20). The molecule has 1 heterocycles. The summed E-state index contributed by atoms with van der Waals surface area (Å²) in [6.45, 7) is 3.57. The molecule has 0 fully saturated rings. The molecule has 0 saturated heterocycles.